The number of hydrogen-bond donors (Lipinski definition) is 1. The van der Waals surface area contributed by atoms with E-state index in [0.717, 1.165) is 45.4 Å². The highest BCUT2D eigenvalue weighted by Crippen LogP contribution is 2.25. The number of nitrogens with one attached hydrogen (secondary N) is 1. The summed E-state index contributed by atoms with van der Waals surface area (Å²) in [7, 11) is 0. The number of carbonyl (C=O) groups is 1. The van der Waals surface area contributed by atoms with Crippen LogP contribution in [0.25, 0.3) is 0 Å². The summed E-state index contributed by atoms with van der Waals surface area (Å²) in [4.78, 5) is 14.5. The van der Waals surface area contributed by atoms with Crippen LogP contribution in [-0.2, 0) is 23.1 Å². The largest absolute Gasteiger partial charge is 0.341 e. The molecule has 1 aromatic carbocycles. The lowest BCUT2D eigenvalue weighted by atomic mass is 9.84. The molecule has 1 fully saturated rings. The van der Waals surface area contributed by atoms with Gasteiger partial charge in [0.1, 0.15) is 0 Å². The number of rotatable bonds is 4. The first-order valence-electron chi connectivity index (χ1n) is 9.02. The van der Waals surface area contributed by atoms with Gasteiger partial charge in [-0.25, -0.2) is 0 Å². The molecule has 1 aromatic rings. The highest BCUT2D eigenvalue weighted by Gasteiger charge is 2.18. The van der Waals surface area contributed by atoms with Crippen LogP contribution in [0, 0.1) is 0 Å². The zero-order valence-electron chi connectivity index (χ0n) is 15.2. The molecule has 1 heterocycles. The van der Waals surface area contributed by atoms with Gasteiger partial charge in [-0.3, -0.25) is 4.79 Å². The van der Waals surface area contributed by atoms with Crippen molar-refractivity contribution in [2.45, 2.75) is 58.8 Å². The molecule has 23 heavy (non-hydrogen) atoms. The fourth-order valence-electron chi connectivity index (χ4n) is 3.16. The van der Waals surface area contributed by atoms with Gasteiger partial charge in [0, 0.05) is 26.1 Å². The zero-order valence-corrected chi connectivity index (χ0v) is 15.2. The maximum absolute atomic E-state index is 12.5. The molecule has 0 spiro atoms. The third kappa shape index (κ3) is 5.07. The van der Waals surface area contributed by atoms with E-state index in [1.54, 1.807) is 0 Å². The molecular formula is C20H32N2O. The first kappa shape index (κ1) is 18.0. The van der Waals surface area contributed by atoms with Crippen LogP contribution < -0.4 is 5.32 Å². The molecule has 1 N–H and O–H groups in total. The Morgan fingerprint density at radius 1 is 1.17 bits per heavy atom. The summed E-state index contributed by atoms with van der Waals surface area (Å²) in [5.74, 6) is 0.303. The Hall–Kier alpha value is -1.35. The van der Waals surface area contributed by atoms with E-state index in [9.17, 15) is 4.79 Å². The normalized spacial score (nSPS) is 16.3. The van der Waals surface area contributed by atoms with Crippen LogP contribution in [0.1, 0.15) is 57.2 Å². The first-order valence-corrected chi connectivity index (χ1v) is 9.02. The highest BCUT2D eigenvalue weighted by molar-refractivity contribution is 5.76. The van der Waals surface area contributed by atoms with Crippen LogP contribution in [0.2, 0.25) is 0 Å². The first-order chi connectivity index (χ1) is 10.9. The predicted molar refractivity (Wildman–Crippen MR) is 96.9 cm³/mol. The highest BCUT2D eigenvalue weighted by atomic mass is 16.2. The Morgan fingerprint density at radius 2 is 1.96 bits per heavy atom. The number of carbonyl (C=O) groups excluding carboxylic acids is 1. The molecule has 2 rings (SSSR count). The Bertz CT molecular complexity index is 523. The Balaban J connectivity index is 2.04. The Labute approximate surface area is 141 Å². The molecule has 0 aromatic heterocycles. The summed E-state index contributed by atoms with van der Waals surface area (Å²) >= 11 is 0. The molecule has 0 bridgehead atoms. The van der Waals surface area contributed by atoms with Gasteiger partial charge in [0.25, 0.3) is 0 Å². The molecule has 0 aliphatic carbocycles. The average Bonchev–Trinajstić information content (AvgIpc) is 2.80. The minimum absolute atomic E-state index is 0.154. The molecule has 1 aliphatic heterocycles. The molecule has 1 saturated heterocycles. The van der Waals surface area contributed by atoms with E-state index in [0.29, 0.717) is 12.3 Å². The summed E-state index contributed by atoms with van der Waals surface area (Å²) < 4.78 is 0. The van der Waals surface area contributed by atoms with E-state index in [1.807, 2.05) is 4.90 Å². The number of benzene rings is 1. The van der Waals surface area contributed by atoms with Crippen LogP contribution in [0.15, 0.2) is 18.2 Å². The van der Waals surface area contributed by atoms with E-state index in [4.69, 9.17) is 0 Å². The van der Waals surface area contributed by atoms with Crippen LogP contribution in [0.5, 0.6) is 0 Å². The average molecular weight is 316 g/mol. The summed E-state index contributed by atoms with van der Waals surface area (Å²) in [5, 5.41) is 3.35. The van der Waals surface area contributed by atoms with E-state index in [-0.39, 0.29) is 5.41 Å². The van der Waals surface area contributed by atoms with Crippen molar-refractivity contribution in [3.8, 4) is 0 Å². The molecule has 3 heteroatoms. The van der Waals surface area contributed by atoms with Crippen molar-refractivity contribution >= 4 is 5.91 Å². The second-order valence-electron chi connectivity index (χ2n) is 7.57. The van der Waals surface area contributed by atoms with Crippen LogP contribution in [0.4, 0.5) is 0 Å². The lowest BCUT2D eigenvalue weighted by Gasteiger charge is -2.22. The minimum Gasteiger partial charge on any atom is -0.341 e. The van der Waals surface area contributed by atoms with E-state index >= 15 is 0 Å². The minimum atomic E-state index is 0.154. The van der Waals surface area contributed by atoms with Gasteiger partial charge < -0.3 is 10.2 Å². The third-order valence-corrected chi connectivity index (χ3v) is 4.75. The summed E-state index contributed by atoms with van der Waals surface area (Å²) in [6.45, 7) is 12.6. The van der Waals surface area contributed by atoms with Crippen molar-refractivity contribution in [3.63, 3.8) is 0 Å². The van der Waals surface area contributed by atoms with Crippen molar-refractivity contribution in [2.75, 3.05) is 26.2 Å². The van der Waals surface area contributed by atoms with Gasteiger partial charge in [-0.05, 0) is 47.9 Å². The van der Waals surface area contributed by atoms with Gasteiger partial charge in [-0.15, -0.1) is 0 Å². The lowest BCUT2D eigenvalue weighted by molar-refractivity contribution is -0.130. The molecule has 0 atom stereocenters. The summed E-state index contributed by atoms with van der Waals surface area (Å²) in [6, 6.07) is 6.80. The van der Waals surface area contributed by atoms with Gasteiger partial charge in [0.05, 0.1) is 0 Å². The molecule has 0 radical (unpaired) electrons. The Kier molecular flexibility index (Phi) is 6.23. The standard InChI is InChI=1S/C20H32N2O/c1-5-16-7-9-18(20(2,3)4)15-17(16)8-10-19(23)22-13-6-11-21-12-14-22/h7,9,15,21H,5-6,8,10-14H2,1-4H3. The van der Waals surface area contributed by atoms with Crippen molar-refractivity contribution in [1.29, 1.82) is 0 Å². The lowest BCUT2D eigenvalue weighted by Crippen LogP contribution is -2.34. The molecule has 128 valence electrons. The van der Waals surface area contributed by atoms with Crippen molar-refractivity contribution < 1.29 is 4.79 Å². The maximum atomic E-state index is 12.5. The summed E-state index contributed by atoms with van der Waals surface area (Å²) in [6.07, 6.45) is 3.57. The van der Waals surface area contributed by atoms with E-state index in [2.05, 4.69) is 51.2 Å². The third-order valence-electron chi connectivity index (χ3n) is 4.75. The molecular weight excluding hydrogens is 284 g/mol. The summed E-state index contributed by atoms with van der Waals surface area (Å²) in [5.41, 5.74) is 4.24. The number of amides is 1. The number of hydrogen-bond acceptors (Lipinski definition) is 2. The monoisotopic (exact) mass is 316 g/mol. The SMILES string of the molecule is CCc1ccc(C(C)(C)C)cc1CCC(=O)N1CCCNCC1. The predicted octanol–water partition coefficient (Wildman–Crippen LogP) is 3.30. The van der Waals surface area contributed by atoms with Gasteiger partial charge in [0.2, 0.25) is 5.91 Å². The molecule has 0 unspecified atom stereocenters. The molecule has 0 saturated carbocycles. The fraction of sp³-hybridized carbons (Fsp3) is 0.650. The topological polar surface area (TPSA) is 32.3 Å². The zero-order chi connectivity index (χ0) is 16.9. The maximum Gasteiger partial charge on any atom is 0.222 e. The van der Waals surface area contributed by atoms with Gasteiger partial charge >= 0.3 is 0 Å². The quantitative estimate of drug-likeness (QED) is 0.924. The smallest absolute Gasteiger partial charge is 0.222 e. The molecule has 1 amide bonds. The van der Waals surface area contributed by atoms with Crippen LogP contribution >= 0.6 is 0 Å². The number of aryl methyl sites for hydroxylation is 2. The van der Waals surface area contributed by atoms with Gasteiger partial charge in [0.15, 0.2) is 0 Å². The van der Waals surface area contributed by atoms with E-state index in [1.165, 1.54) is 16.7 Å². The van der Waals surface area contributed by atoms with Crippen LogP contribution in [-0.4, -0.2) is 37.0 Å². The second kappa shape index (κ2) is 7.96. The number of nitrogens with zero attached hydrogens (tertiary/aromatic N) is 1. The Morgan fingerprint density at radius 3 is 2.65 bits per heavy atom. The van der Waals surface area contributed by atoms with Crippen molar-refractivity contribution in [3.05, 3.63) is 34.9 Å². The van der Waals surface area contributed by atoms with Crippen molar-refractivity contribution in [1.82, 2.24) is 10.2 Å². The van der Waals surface area contributed by atoms with Crippen LogP contribution in [0.3, 0.4) is 0 Å². The van der Waals surface area contributed by atoms with Crippen molar-refractivity contribution in [2.24, 2.45) is 0 Å². The second-order valence-corrected chi connectivity index (χ2v) is 7.57. The van der Waals surface area contributed by atoms with Gasteiger partial charge in [-0.1, -0.05) is 45.9 Å². The molecule has 1 aliphatic rings. The fourth-order valence-corrected chi connectivity index (χ4v) is 3.16. The molecule has 3 nitrogen and oxygen atoms in total. The van der Waals surface area contributed by atoms with Gasteiger partial charge in [-0.2, -0.15) is 0 Å². The van der Waals surface area contributed by atoms with E-state index < -0.39 is 0 Å².